The van der Waals surface area contributed by atoms with Gasteiger partial charge in [-0.15, -0.1) is 0 Å². The maximum atomic E-state index is 12.6. The smallest absolute Gasteiger partial charge is 0.232 e. The zero-order valence-electron chi connectivity index (χ0n) is 15.1. The van der Waals surface area contributed by atoms with Gasteiger partial charge in [0.05, 0.1) is 23.6 Å². The van der Waals surface area contributed by atoms with E-state index >= 15 is 0 Å². The van der Waals surface area contributed by atoms with E-state index in [-0.39, 0.29) is 18.9 Å². The fraction of sp³-hybridized carbons (Fsp3) is 0.300. The highest BCUT2D eigenvalue weighted by atomic mass is 32.2. The highest BCUT2D eigenvalue weighted by molar-refractivity contribution is 7.92. The number of carbonyl (C=O) groups is 1. The van der Waals surface area contributed by atoms with E-state index in [2.05, 4.69) is 6.07 Å². The Morgan fingerprint density at radius 3 is 2.63 bits per heavy atom. The van der Waals surface area contributed by atoms with Crippen LogP contribution in [-0.4, -0.2) is 38.6 Å². The number of anilines is 1. The minimum atomic E-state index is -3.56. The van der Waals surface area contributed by atoms with Gasteiger partial charge in [0.25, 0.3) is 0 Å². The van der Waals surface area contributed by atoms with Crippen LogP contribution in [-0.2, 0) is 27.8 Å². The molecule has 0 N–H and O–H groups in total. The topological polar surface area (TPSA) is 81.5 Å². The molecule has 0 aromatic heterocycles. The van der Waals surface area contributed by atoms with Gasteiger partial charge in [0.1, 0.15) is 0 Å². The van der Waals surface area contributed by atoms with Gasteiger partial charge in [-0.05, 0) is 35.7 Å². The summed E-state index contributed by atoms with van der Waals surface area (Å²) in [5.74, 6) is -0.0745. The summed E-state index contributed by atoms with van der Waals surface area (Å²) in [4.78, 5) is 14.4. The van der Waals surface area contributed by atoms with Gasteiger partial charge in [-0.3, -0.25) is 9.10 Å². The lowest BCUT2D eigenvalue weighted by atomic mass is 10.00. The van der Waals surface area contributed by atoms with E-state index in [1.807, 2.05) is 24.3 Å². The number of rotatable bonds is 5. The molecule has 1 amide bonds. The predicted molar refractivity (Wildman–Crippen MR) is 104 cm³/mol. The second-order valence-electron chi connectivity index (χ2n) is 6.58. The summed E-state index contributed by atoms with van der Waals surface area (Å²) in [5.41, 5.74) is 3.17. The van der Waals surface area contributed by atoms with Gasteiger partial charge in [0, 0.05) is 26.1 Å². The molecule has 6 nitrogen and oxygen atoms in total. The standard InChI is InChI=1S/C20H21N3O3S/c1-27(25,26)23(19-8-4-5-16(13-19)14-21)12-10-20(24)22-11-9-17-6-2-3-7-18(17)15-22/h2-8,13H,9-12,15H2,1H3. The molecule has 3 rings (SSSR count). The summed E-state index contributed by atoms with van der Waals surface area (Å²) in [6.07, 6.45) is 2.00. The summed E-state index contributed by atoms with van der Waals surface area (Å²) >= 11 is 0. The molecule has 140 valence electrons. The normalized spacial score (nSPS) is 13.6. The number of nitriles is 1. The quantitative estimate of drug-likeness (QED) is 0.793. The summed E-state index contributed by atoms with van der Waals surface area (Å²) in [7, 11) is -3.56. The Kier molecular flexibility index (Phi) is 5.47. The van der Waals surface area contributed by atoms with Crippen LogP contribution < -0.4 is 4.31 Å². The molecule has 0 unspecified atom stereocenters. The molecule has 0 saturated carbocycles. The molecule has 7 heteroatoms. The van der Waals surface area contributed by atoms with Crippen molar-refractivity contribution in [3.05, 3.63) is 65.2 Å². The number of benzene rings is 2. The largest absolute Gasteiger partial charge is 0.338 e. The zero-order chi connectivity index (χ0) is 19.4. The van der Waals surface area contributed by atoms with Gasteiger partial charge >= 0.3 is 0 Å². The molecule has 1 aliphatic heterocycles. The molecule has 0 fully saturated rings. The Morgan fingerprint density at radius 1 is 1.19 bits per heavy atom. The number of hydrogen-bond donors (Lipinski definition) is 0. The second-order valence-corrected chi connectivity index (χ2v) is 8.49. The van der Waals surface area contributed by atoms with Crippen LogP contribution in [0.25, 0.3) is 0 Å². The fourth-order valence-electron chi connectivity index (χ4n) is 3.28. The van der Waals surface area contributed by atoms with E-state index in [9.17, 15) is 13.2 Å². The number of sulfonamides is 1. The fourth-order valence-corrected chi connectivity index (χ4v) is 4.20. The number of nitrogens with zero attached hydrogens (tertiary/aromatic N) is 3. The van der Waals surface area contributed by atoms with Gasteiger partial charge in [0.2, 0.25) is 15.9 Å². The maximum Gasteiger partial charge on any atom is 0.232 e. The SMILES string of the molecule is CS(=O)(=O)N(CCC(=O)N1CCc2ccccc2C1)c1cccc(C#N)c1. The first-order valence-electron chi connectivity index (χ1n) is 8.71. The molecule has 0 aliphatic carbocycles. The van der Waals surface area contributed by atoms with E-state index in [0.717, 1.165) is 18.2 Å². The Bertz CT molecular complexity index is 996. The van der Waals surface area contributed by atoms with E-state index in [1.54, 1.807) is 23.1 Å². The molecule has 2 aromatic rings. The van der Waals surface area contributed by atoms with Crippen LogP contribution in [0, 0.1) is 11.3 Å². The molecule has 1 aliphatic rings. The van der Waals surface area contributed by atoms with Gasteiger partial charge in [0.15, 0.2) is 0 Å². The van der Waals surface area contributed by atoms with Crippen LogP contribution in [0.1, 0.15) is 23.1 Å². The van der Waals surface area contributed by atoms with Crippen molar-refractivity contribution in [2.75, 3.05) is 23.7 Å². The van der Waals surface area contributed by atoms with Crippen molar-refractivity contribution < 1.29 is 13.2 Å². The van der Waals surface area contributed by atoms with Crippen LogP contribution in [0.2, 0.25) is 0 Å². The third-order valence-electron chi connectivity index (χ3n) is 4.68. The average molecular weight is 383 g/mol. The monoisotopic (exact) mass is 383 g/mol. The molecule has 0 radical (unpaired) electrons. The summed E-state index contributed by atoms with van der Waals surface area (Å²) in [6.45, 7) is 1.24. The van der Waals surface area contributed by atoms with Crippen LogP contribution in [0.5, 0.6) is 0 Å². The Morgan fingerprint density at radius 2 is 1.93 bits per heavy atom. The summed E-state index contributed by atoms with van der Waals surface area (Å²) in [6, 6.07) is 16.4. The average Bonchev–Trinajstić information content (AvgIpc) is 2.66. The van der Waals surface area contributed by atoms with Gasteiger partial charge < -0.3 is 4.90 Å². The van der Waals surface area contributed by atoms with Crippen molar-refractivity contribution in [3.63, 3.8) is 0 Å². The van der Waals surface area contributed by atoms with Crippen LogP contribution in [0.4, 0.5) is 5.69 Å². The molecule has 0 atom stereocenters. The van der Waals surface area contributed by atoms with Crippen molar-refractivity contribution in [2.45, 2.75) is 19.4 Å². The predicted octanol–water partition coefficient (Wildman–Crippen LogP) is 2.30. The Hall–Kier alpha value is -2.85. The second kappa shape index (κ2) is 7.80. The maximum absolute atomic E-state index is 12.6. The molecule has 0 saturated heterocycles. The van der Waals surface area contributed by atoms with E-state index in [4.69, 9.17) is 5.26 Å². The van der Waals surface area contributed by atoms with Crippen molar-refractivity contribution in [3.8, 4) is 6.07 Å². The number of hydrogen-bond acceptors (Lipinski definition) is 4. The molecular formula is C20H21N3O3S. The number of carbonyl (C=O) groups excluding carboxylic acids is 1. The molecule has 0 spiro atoms. The number of fused-ring (bicyclic) bond motifs is 1. The first kappa shape index (κ1) is 18.9. The highest BCUT2D eigenvalue weighted by Gasteiger charge is 2.23. The van der Waals surface area contributed by atoms with Gasteiger partial charge in [-0.2, -0.15) is 5.26 Å². The van der Waals surface area contributed by atoms with E-state index < -0.39 is 10.0 Å². The zero-order valence-corrected chi connectivity index (χ0v) is 15.9. The summed E-state index contributed by atoms with van der Waals surface area (Å²) < 4.78 is 25.6. The molecular weight excluding hydrogens is 362 g/mol. The molecule has 27 heavy (non-hydrogen) atoms. The van der Waals surface area contributed by atoms with E-state index in [0.29, 0.717) is 24.3 Å². The minimum Gasteiger partial charge on any atom is -0.338 e. The van der Waals surface area contributed by atoms with Gasteiger partial charge in [-0.25, -0.2) is 8.42 Å². The van der Waals surface area contributed by atoms with Gasteiger partial charge in [-0.1, -0.05) is 30.3 Å². The molecule has 1 heterocycles. The lowest BCUT2D eigenvalue weighted by Gasteiger charge is -2.30. The molecule has 2 aromatic carbocycles. The van der Waals surface area contributed by atoms with Crippen molar-refractivity contribution in [1.82, 2.24) is 4.90 Å². The minimum absolute atomic E-state index is 0.0463. The number of amides is 1. The third-order valence-corrected chi connectivity index (χ3v) is 5.87. The highest BCUT2D eigenvalue weighted by Crippen LogP contribution is 2.21. The van der Waals surface area contributed by atoms with Crippen LogP contribution in [0.3, 0.4) is 0 Å². The lowest BCUT2D eigenvalue weighted by Crippen LogP contribution is -2.39. The van der Waals surface area contributed by atoms with Crippen molar-refractivity contribution in [1.29, 1.82) is 5.26 Å². The first-order valence-corrected chi connectivity index (χ1v) is 10.6. The Balaban J connectivity index is 1.71. The first-order chi connectivity index (χ1) is 12.9. The third kappa shape index (κ3) is 4.47. The van der Waals surface area contributed by atoms with Crippen molar-refractivity contribution in [2.24, 2.45) is 0 Å². The van der Waals surface area contributed by atoms with E-state index in [1.165, 1.54) is 15.9 Å². The van der Waals surface area contributed by atoms with Crippen LogP contribution >= 0.6 is 0 Å². The lowest BCUT2D eigenvalue weighted by molar-refractivity contribution is -0.131. The molecule has 0 bridgehead atoms. The summed E-state index contributed by atoms with van der Waals surface area (Å²) in [5, 5.41) is 9.04. The van der Waals surface area contributed by atoms with Crippen molar-refractivity contribution >= 4 is 21.6 Å². The van der Waals surface area contributed by atoms with Crippen LogP contribution in [0.15, 0.2) is 48.5 Å². The Labute approximate surface area is 159 Å².